The summed E-state index contributed by atoms with van der Waals surface area (Å²) in [4.78, 5) is 16.4. The fourth-order valence-electron chi connectivity index (χ4n) is 3.39. The average molecular weight is 456 g/mol. The maximum absolute atomic E-state index is 13.3. The van der Waals surface area contributed by atoms with E-state index >= 15 is 0 Å². The minimum absolute atomic E-state index is 0.0241. The molecule has 8 nitrogen and oxygen atoms in total. The molecule has 0 saturated carbocycles. The van der Waals surface area contributed by atoms with Crippen LogP contribution in [0.2, 0.25) is 0 Å². The number of benzene rings is 2. The Morgan fingerprint density at radius 1 is 1.19 bits per heavy atom. The lowest BCUT2D eigenvalue weighted by atomic mass is 10.1. The van der Waals surface area contributed by atoms with Crippen molar-refractivity contribution in [1.29, 1.82) is 0 Å². The minimum atomic E-state index is -4.01. The number of halogens is 1. The number of pyridine rings is 1. The van der Waals surface area contributed by atoms with Crippen LogP contribution in [0.25, 0.3) is 0 Å². The Morgan fingerprint density at radius 2 is 1.91 bits per heavy atom. The second-order valence-electron chi connectivity index (χ2n) is 7.33. The molecule has 3 aromatic rings. The van der Waals surface area contributed by atoms with Crippen LogP contribution in [0.3, 0.4) is 0 Å². The number of carbonyl (C=O) groups is 1. The van der Waals surface area contributed by atoms with Crippen molar-refractivity contribution in [3.8, 4) is 0 Å². The SMILES string of the molecule is N[C@H]1Cc2ncc(NC(=O)OCc3ccccc3)cc2N(S(=O)(=O)c2ccc(F)cc2)C1. The zero-order valence-electron chi connectivity index (χ0n) is 16.9. The quantitative estimate of drug-likeness (QED) is 0.610. The number of ether oxygens (including phenoxy) is 1. The highest BCUT2D eigenvalue weighted by Crippen LogP contribution is 2.32. The number of nitrogens with one attached hydrogen (secondary N) is 1. The fourth-order valence-corrected chi connectivity index (χ4v) is 4.92. The molecule has 1 aliphatic heterocycles. The summed E-state index contributed by atoms with van der Waals surface area (Å²) >= 11 is 0. The maximum atomic E-state index is 13.3. The van der Waals surface area contributed by atoms with E-state index in [9.17, 15) is 17.6 Å². The monoisotopic (exact) mass is 456 g/mol. The summed E-state index contributed by atoms with van der Waals surface area (Å²) in [6.07, 6.45) is 1.10. The van der Waals surface area contributed by atoms with Crippen molar-refractivity contribution < 1.29 is 22.3 Å². The van der Waals surface area contributed by atoms with E-state index in [2.05, 4.69) is 10.3 Å². The molecular weight excluding hydrogens is 435 g/mol. The zero-order valence-corrected chi connectivity index (χ0v) is 17.8. The molecule has 1 amide bonds. The summed E-state index contributed by atoms with van der Waals surface area (Å²) in [6.45, 7) is 0.112. The first-order chi connectivity index (χ1) is 15.3. The van der Waals surface area contributed by atoms with Gasteiger partial charge in [-0.2, -0.15) is 0 Å². The van der Waals surface area contributed by atoms with Gasteiger partial charge in [0.15, 0.2) is 0 Å². The Labute approximate surface area is 184 Å². The number of anilines is 2. The number of amides is 1. The third-order valence-electron chi connectivity index (χ3n) is 4.93. The summed E-state index contributed by atoms with van der Waals surface area (Å²) in [6, 6.07) is 14.8. The zero-order chi connectivity index (χ0) is 22.7. The number of nitrogens with two attached hydrogens (primary N) is 1. The molecule has 3 N–H and O–H groups in total. The number of fused-ring (bicyclic) bond motifs is 1. The van der Waals surface area contributed by atoms with Gasteiger partial charge in [-0.15, -0.1) is 0 Å². The van der Waals surface area contributed by atoms with Gasteiger partial charge in [0.25, 0.3) is 10.0 Å². The summed E-state index contributed by atoms with van der Waals surface area (Å²) < 4.78 is 46.0. The predicted octanol–water partition coefficient (Wildman–Crippen LogP) is 3.05. The second-order valence-corrected chi connectivity index (χ2v) is 9.19. The smallest absolute Gasteiger partial charge is 0.412 e. The van der Waals surface area contributed by atoms with E-state index in [0.29, 0.717) is 17.8 Å². The fraction of sp³-hybridized carbons (Fsp3) is 0.182. The molecule has 0 unspecified atom stereocenters. The van der Waals surface area contributed by atoms with Gasteiger partial charge in [0.05, 0.1) is 28.2 Å². The molecule has 1 aliphatic rings. The molecule has 4 rings (SSSR count). The molecule has 10 heteroatoms. The number of hydrogen-bond donors (Lipinski definition) is 2. The lowest BCUT2D eigenvalue weighted by Crippen LogP contribution is -2.46. The molecule has 0 fully saturated rings. The average Bonchev–Trinajstić information content (AvgIpc) is 2.78. The van der Waals surface area contributed by atoms with Crippen LogP contribution in [-0.2, 0) is 27.8 Å². The predicted molar refractivity (Wildman–Crippen MR) is 117 cm³/mol. The lowest BCUT2D eigenvalue weighted by molar-refractivity contribution is 0.155. The Balaban J connectivity index is 1.56. The number of aromatic nitrogens is 1. The highest BCUT2D eigenvalue weighted by molar-refractivity contribution is 7.92. The number of hydrogen-bond acceptors (Lipinski definition) is 6. The van der Waals surface area contributed by atoms with Gasteiger partial charge < -0.3 is 10.5 Å². The van der Waals surface area contributed by atoms with E-state index in [1.807, 2.05) is 30.3 Å². The van der Waals surface area contributed by atoms with Gasteiger partial charge in [-0.3, -0.25) is 14.6 Å². The van der Waals surface area contributed by atoms with Crippen molar-refractivity contribution in [2.45, 2.75) is 24.0 Å². The van der Waals surface area contributed by atoms with E-state index in [1.165, 1.54) is 24.4 Å². The molecule has 0 spiro atoms. The number of sulfonamides is 1. The Hall–Kier alpha value is -3.50. The van der Waals surface area contributed by atoms with Crippen molar-refractivity contribution in [3.05, 3.63) is 83.9 Å². The van der Waals surface area contributed by atoms with Gasteiger partial charge in [-0.05, 0) is 35.9 Å². The number of rotatable bonds is 5. The van der Waals surface area contributed by atoms with Crippen molar-refractivity contribution in [2.75, 3.05) is 16.2 Å². The van der Waals surface area contributed by atoms with Crippen LogP contribution in [0.4, 0.5) is 20.6 Å². The van der Waals surface area contributed by atoms with Crippen molar-refractivity contribution >= 4 is 27.5 Å². The highest BCUT2D eigenvalue weighted by Gasteiger charge is 2.33. The Morgan fingerprint density at radius 3 is 2.62 bits per heavy atom. The molecule has 0 radical (unpaired) electrons. The lowest BCUT2D eigenvalue weighted by Gasteiger charge is -2.33. The standard InChI is InChI=1S/C22H21FN4O4S/c23-16-6-8-19(9-7-16)32(29,30)27-13-17(24)10-20-21(27)11-18(12-25-20)26-22(28)31-14-15-4-2-1-3-5-15/h1-9,11-12,17H,10,13-14,24H2,(H,26,28)/t17-/m0/s1. The molecule has 0 saturated heterocycles. The van der Waals surface area contributed by atoms with Crippen LogP contribution in [0, 0.1) is 5.82 Å². The Bertz CT molecular complexity index is 1220. The van der Waals surface area contributed by atoms with Crippen LogP contribution in [0.1, 0.15) is 11.3 Å². The van der Waals surface area contributed by atoms with E-state index in [-0.39, 0.29) is 23.7 Å². The Kier molecular flexibility index (Phi) is 6.06. The summed E-state index contributed by atoms with van der Waals surface area (Å²) in [5, 5.41) is 2.57. The first-order valence-electron chi connectivity index (χ1n) is 9.83. The van der Waals surface area contributed by atoms with Gasteiger partial charge in [-0.25, -0.2) is 17.6 Å². The molecule has 166 valence electrons. The van der Waals surface area contributed by atoms with E-state index in [1.54, 1.807) is 0 Å². The third kappa shape index (κ3) is 4.71. The molecule has 32 heavy (non-hydrogen) atoms. The van der Waals surface area contributed by atoms with Crippen LogP contribution < -0.4 is 15.4 Å². The number of carbonyl (C=O) groups excluding carboxylic acids is 1. The first kappa shape index (κ1) is 21.7. The minimum Gasteiger partial charge on any atom is -0.444 e. The van der Waals surface area contributed by atoms with Crippen molar-refractivity contribution in [1.82, 2.24) is 4.98 Å². The molecule has 2 aromatic carbocycles. The molecule has 0 aliphatic carbocycles. The van der Waals surface area contributed by atoms with Gasteiger partial charge in [0.1, 0.15) is 12.4 Å². The highest BCUT2D eigenvalue weighted by atomic mass is 32.2. The normalized spacial score (nSPS) is 15.7. The largest absolute Gasteiger partial charge is 0.444 e. The number of nitrogens with zero attached hydrogens (tertiary/aromatic N) is 2. The second kappa shape index (κ2) is 8.93. The summed E-state index contributed by atoms with van der Waals surface area (Å²) in [5.41, 5.74) is 7.95. The van der Waals surface area contributed by atoms with E-state index < -0.39 is 28.0 Å². The van der Waals surface area contributed by atoms with Crippen molar-refractivity contribution in [2.24, 2.45) is 5.73 Å². The van der Waals surface area contributed by atoms with Gasteiger partial charge in [-0.1, -0.05) is 30.3 Å². The van der Waals surface area contributed by atoms with Crippen LogP contribution >= 0.6 is 0 Å². The molecular formula is C22H21FN4O4S. The van der Waals surface area contributed by atoms with Gasteiger partial charge in [0, 0.05) is 19.0 Å². The molecule has 1 aromatic heterocycles. The van der Waals surface area contributed by atoms with Crippen LogP contribution in [0.5, 0.6) is 0 Å². The summed E-state index contributed by atoms with van der Waals surface area (Å²) in [5.74, 6) is -0.540. The van der Waals surface area contributed by atoms with E-state index in [0.717, 1.165) is 22.0 Å². The molecule has 1 atom stereocenters. The van der Waals surface area contributed by atoms with Crippen LogP contribution in [0.15, 0.2) is 71.8 Å². The van der Waals surface area contributed by atoms with E-state index in [4.69, 9.17) is 10.5 Å². The van der Waals surface area contributed by atoms with Crippen LogP contribution in [-0.4, -0.2) is 32.1 Å². The van der Waals surface area contributed by atoms with Crippen molar-refractivity contribution in [3.63, 3.8) is 0 Å². The topological polar surface area (TPSA) is 115 Å². The molecule has 0 bridgehead atoms. The first-order valence-corrected chi connectivity index (χ1v) is 11.3. The maximum Gasteiger partial charge on any atom is 0.412 e. The molecule has 2 heterocycles. The third-order valence-corrected chi connectivity index (χ3v) is 6.73. The summed E-state index contributed by atoms with van der Waals surface area (Å²) in [7, 11) is -4.01. The van der Waals surface area contributed by atoms with Gasteiger partial charge in [0.2, 0.25) is 0 Å². The van der Waals surface area contributed by atoms with Gasteiger partial charge >= 0.3 is 6.09 Å².